The Morgan fingerprint density at radius 2 is 2.12 bits per heavy atom. The van der Waals surface area contributed by atoms with Gasteiger partial charge in [-0.05, 0) is 37.2 Å². The van der Waals surface area contributed by atoms with E-state index in [0.717, 1.165) is 24.0 Å². The summed E-state index contributed by atoms with van der Waals surface area (Å²) in [5, 5.41) is 10.9. The quantitative estimate of drug-likeness (QED) is 0.787. The van der Waals surface area contributed by atoms with Gasteiger partial charge in [0.05, 0.1) is 5.60 Å². The second kappa shape index (κ2) is 4.17. The molecular weight excluding hydrogens is 198 g/mol. The van der Waals surface area contributed by atoms with E-state index in [0.29, 0.717) is 11.8 Å². The minimum atomic E-state index is -0.670. The van der Waals surface area contributed by atoms with Crippen LogP contribution in [0, 0.1) is 18.8 Å². The number of aryl methyl sites for hydroxylation is 1. The number of nitrogens with zero attached hydrogens (tertiary/aromatic N) is 1. The summed E-state index contributed by atoms with van der Waals surface area (Å²) >= 11 is 0. The fraction of sp³-hybridized carbons (Fsp3) is 0.643. The number of rotatable bonds is 1. The molecule has 3 unspecified atom stereocenters. The van der Waals surface area contributed by atoms with Crippen LogP contribution in [0.4, 0.5) is 0 Å². The Labute approximate surface area is 97.7 Å². The molecular formula is C14H21NO. The van der Waals surface area contributed by atoms with Crippen molar-refractivity contribution in [1.82, 2.24) is 4.98 Å². The smallest absolute Gasteiger partial charge is 0.0939 e. The normalized spacial score (nSPS) is 35.0. The summed E-state index contributed by atoms with van der Waals surface area (Å²) in [5.74, 6) is 0.893. The SMILES string of the molecule is Cc1cncc(C2(O)CCCC(C)C2C)c1. The molecule has 1 aromatic heterocycles. The molecule has 1 saturated carbocycles. The van der Waals surface area contributed by atoms with Gasteiger partial charge in [0.25, 0.3) is 0 Å². The van der Waals surface area contributed by atoms with Gasteiger partial charge in [-0.3, -0.25) is 4.98 Å². The molecule has 2 nitrogen and oxygen atoms in total. The highest BCUT2D eigenvalue weighted by Crippen LogP contribution is 2.44. The zero-order chi connectivity index (χ0) is 11.8. The molecule has 0 aromatic carbocycles. The Kier molecular flexibility index (Phi) is 3.02. The van der Waals surface area contributed by atoms with E-state index in [4.69, 9.17) is 0 Å². The van der Waals surface area contributed by atoms with Crippen molar-refractivity contribution in [3.8, 4) is 0 Å². The third-order valence-corrected chi connectivity index (χ3v) is 4.20. The van der Waals surface area contributed by atoms with Crippen molar-refractivity contribution in [1.29, 1.82) is 0 Å². The standard InChI is InChI=1S/C14H21NO/c1-10-7-13(9-15-8-10)14(16)6-4-5-11(2)12(14)3/h7-9,11-12,16H,4-6H2,1-3H3. The van der Waals surface area contributed by atoms with Crippen LogP contribution in [-0.4, -0.2) is 10.1 Å². The second-order valence-electron chi connectivity index (χ2n) is 5.33. The van der Waals surface area contributed by atoms with Gasteiger partial charge in [0, 0.05) is 18.0 Å². The van der Waals surface area contributed by atoms with Gasteiger partial charge >= 0.3 is 0 Å². The van der Waals surface area contributed by atoms with E-state index < -0.39 is 5.60 Å². The second-order valence-corrected chi connectivity index (χ2v) is 5.33. The molecule has 16 heavy (non-hydrogen) atoms. The lowest BCUT2D eigenvalue weighted by molar-refractivity contribution is -0.0691. The van der Waals surface area contributed by atoms with Crippen molar-refractivity contribution in [3.63, 3.8) is 0 Å². The van der Waals surface area contributed by atoms with Crippen molar-refractivity contribution >= 4 is 0 Å². The zero-order valence-corrected chi connectivity index (χ0v) is 10.4. The first-order valence-electron chi connectivity index (χ1n) is 6.18. The summed E-state index contributed by atoms with van der Waals surface area (Å²) in [6, 6.07) is 2.07. The molecule has 2 heteroatoms. The van der Waals surface area contributed by atoms with Gasteiger partial charge in [0.1, 0.15) is 0 Å². The molecule has 0 radical (unpaired) electrons. The van der Waals surface area contributed by atoms with Crippen LogP contribution in [0.5, 0.6) is 0 Å². The number of aliphatic hydroxyl groups is 1. The van der Waals surface area contributed by atoms with Crippen LogP contribution in [0.25, 0.3) is 0 Å². The van der Waals surface area contributed by atoms with Crippen LogP contribution in [-0.2, 0) is 5.60 Å². The third kappa shape index (κ3) is 1.86. The molecule has 0 spiro atoms. The highest BCUT2D eigenvalue weighted by atomic mass is 16.3. The van der Waals surface area contributed by atoms with Crippen LogP contribution in [0.15, 0.2) is 18.5 Å². The molecule has 0 aliphatic heterocycles. The van der Waals surface area contributed by atoms with Crippen molar-refractivity contribution in [3.05, 3.63) is 29.6 Å². The van der Waals surface area contributed by atoms with Crippen molar-refractivity contribution < 1.29 is 5.11 Å². The van der Waals surface area contributed by atoms with Gasteiger partial charge in [-0.15, -0.1) is 0 Å². The van der Waals surface area contributed by atoms with Crippen molar-refractivity contribution in [2.75, 3.05) is 0 Å². The average molecular weight is 219 g/mol. The fourth-order valence-corrected chi connectivity index (χ4v) is 2.84. The molecule has 1 N–H and O–H groups in total. The summed E-state index contributed by atoms with van der Waals surface area (Å²) in [6.07, 6.45) is 6.85. The molecule has 1 aliphatic carbocycles. The average Bonchev–Trinajstić information content (AvgIpc) is 2.26. The Morgan fingerprint density at radius 3 is 2.81 bits per heavy atom. The summed E-state index contributed by atoms with van der Waals surface area (Å²) in [4.78, 5) is 4.20. The minimum absolute atomic E-state index is 0.310. The third-order valence-electron chi connectivity index (χ3n) is 4.20. The summed E-state index contributed by atoms with van der Waals surface area (Å²) in [6.45, 7) is 6.42. The van der Waals surface area contributed by atoms with E-state index in [1.807, 2.05) is 19.3 Å². The molecule has 1 aliphatic rings. The Bertz CT molecular complexity index is 377. The van der Waals surface area contributed by atoms with E-state index in [9.17, 15) is 5.11 Å². The molecule has 3 atom stereocenters. The molecule has 88 valence electrons. The number of aromatic nitrogens is 1. The number of hydrogen-bond donors (Lipinski definition) is 1. The Hall–Kier alpha value is -0.890. The van der Waals surface area contributed by atoms with E-state index in [2.05, 4.69) is 24.9 Å². The van der Waals surface area contributed by atoms with Crippen LogP contribution in [0.2, 0.25) is 0 Å². The highest BCUT2D eigenvalue weighted by Gasteiger charge is 2.41. The number of pyridine rings is 1. The maximum atomic E-state index is 10.9. The number of hydrogen-bond acceptors (Lipinski definition) is 2. The summed E-state index contributed by atoms with van der Waals surface area (Å²) in [5.41, 5.74) is 1.44. The Morgan fingerprint density at radius 1 is 1.38 bits per heavy atom. The van der Waals surface area contributed by atoms with Crippen LogP contribution in [0.3, 0.4) is 0 Å². The van der Waals surface area contributed by atoms with Gasteiger partial charge in [0.2, 0.25) is 0 Å². The fourth-order valence-electron chi connectivity index (χ4n) is 2.84. The van der Waals surface area contributed by atoms with Gasteiger partial charge in [0.15, 0.2) is 0 Å². The maximum Gasteiger partial charge on any atom is 0.0939 e. The zero-order valence-electron chi connectivity index (χ0n) is 10.4. The molecule has 0 bridgehead atoms. The largest absolute Gasteiger partial charge is 0.385 e. The Balaban J connectivity index is 2.36. The molecule has 0 amide bonds. The van der Waals surface area contributed by atoms with E-state index in [-0.39, 0.29) is 0 Å². The molecule has 1 heterocycles. The van der Waals surface area contributed by atoms with E-state index in [1.165, 1.54) is 6.42 Å². The van der Waals surface area contributed by atoms with E-state index >= 15 is 0 Å². The molecule has 1 fully saturated rings. The lowest BCUT2D eigenvalue weighted by Gasteiger charge is -2.42. The lowest BCUT2D eigenvalue weighted by atomic mass is 9.68. The molecule has 1 aromatic rings. The maximum absolute atomic E-state index is 10.9. The monoisotopic (exact) mass is 219 g/mol. The first kappa shape index (κ1) is 11.6. The van der Waals surface area contributed by atoms with Crippen molar-refractivity contribution in [2.45, 2.75) is 45.6 Å². The van der Waals surface area contributed by atoms with Crippen LogP contribution >= 0.6 is 0 Å². The lowest BCUT2D eigenvalue weighted by Crippen LogP contribution is -2.40. The minimum Gasteiger partial charge on any atom is -0.385 e. The van der Waals surface area contributed by atoms with Gasteiger partial charge in [-0.1, -0.05) is 26.3 Å². The van der Waals surface area contributed by atoms with Gasteiger partial charge in [-0.2, -0.15) is 0 Å². The predicted molar refractivity (Wildman–Crippen MR) is 65.0 cm³/mol. The first-order chi connectivity index (χ1) is 7.54. The van der Waals surface area contributed by atoms with Gasteiger partial charge < -0.3 is 5.11 Å². The van der Waals surface area contributed by atoms with Crippen LogP contribution < -0.4 is 0 Å². The van der Waals surface area contributed by atoms with Crippen molar-refractivity contribution in [2.24, 2.45) is 11.8 Å². The van der Waals surface area contributed by atoms with Gasteiger partial charge in [-0.25, -0.2) is 0 Å². The summed E-state index contributed by atoms with van der Waals surface area (Å²) < 4.78 is 0. The predicted octanol–water partition coefficient (Wildman–Crippen LogP) is 3.03. The molecule has 0 saturated heterocycles. The summed E-state index contributed by atoms with van der Waals surface area (Å²) in [7, 11) is 0. The highest BCUT2D eigenvalue weighted by molar-refractivity contribution is 5.24. The van der Waals surface area contributed by atoms with E-state index in [1.54, 1.807) is 0 Å². The molecule has 2 rings (SSSR count). The first-order valence-corrected chi connectivity index (χ1v) is 6.18. The topological polar surface area (TPSA) is 33.1 Å². The van der Waals surface area contributed by atoms with Crippen LogP contribution in [0.1, 0.15) is 44.2 Å².